The number of carbonyl (C=O) groups excluding carboxylic acids is 1. The largest absolute Gasteiger partial charge is 0.457 e. The molecule has 0 saturated carbocycles. The van der Waals surface area contributed by atoms with Crippen LogP contribution in [-0.4, -0.2) is 27.0 Å². The third-order valence-corrected chi connectivity index (χ3v) is 5.82. The van der Waals surface area contributed by atoms with Crippen molar-refractivity contribution in [2.24, 2.45) is 10.1 Å². The van der Waals surface area contributed by atoms with Gasteiger partial charge in [0, 0.05) is 11.1 Å². The molecule has 3 heterocycles. The third kappa shape index (κ3) is 3.28. The summed E-state index contributed by atoms with van der Waals surface area (Å²) in [6.45, 7) is 0. The molecule has 5 rings (SSSR count). The van der Waals surface area contributed by atoms with Gasteiger partial charge < -0.3 is 4.42 Å². The summed E-state index contributed by atoms with van der Waals surface area (Å²) in [5, 5.41) is 16.0. The number of hydrogen-bond donors (Lipinski definition) is 1. The van der Waals surface area contributed by atoms with Gasteiger partial charge in [0.05, 0.1) is 10.6 Å². The highest BCUT2D eigenvalue weighted by Gasteiger charge is 2.36. The van der Waals surface area contributed by atoms with Gasteiger partial charge in [-0.2, -0.15) is 15.1 Å². The number of thioether (sulfide) groups is 1. The van der Waals surface area contributed by atoms with Crippen molar-refractivity contribution < 1.29 is 9.21 Å². The van der Waals surface area contributed by atoms with Crippen LogP contribution in [-0.2, 0) is 4.79 Å². The van der Waals surface area contributed by atoms with Crippen LogP contribution in [0.2, 0.25) is 5.02 Å². The highest BCUT2D eigenvalue weighted by molar-refractivity contribution is 8.27. The first-order valence-electron chi connectivity index (χ1n) is 9.00. The monoisotopic (exact) mass is 432 g/mol. The molecule has 6 nitrogen and oxygen atoms in total. The highest BCUT2D eigenvalue weighted by atomic mass is 35.5. The molecule has 2 aromatic carbocycles. The number of rotatable bonds is 3. The number of hydrazone groups is 1. The predicted octanol–water partition coefficient (Wildman–Crippen LogP) is 5.27. The number of nitrogens with zero attached hydrogens (tertiary/aromatic N) is 3. The van der Waals surface area contributed by atoms with Gasteiger partial charge in [-0.1, -0.05) is 54.1 Å². The fraction of sp³-hybridized carbons (Fsp3) is 0. The fourth-order valence-electron chi connectivity index (χ4n) is 3.07. The molecule has 0 saturated heterocycles. The lowest BCUT2D eigenvalue weighted by Crippen LogP contribution is -2.35. The molecule has 146 valence electrons. The van der Waals surface area contributed by atoms with Gasteiger partial charge in [-0.25, -0.2) is 0 Å². The number of hydrogen-bond acceptors (Lipinski definition) is 5. The maximum atomic E-state index is 12.6. The molecule has 1 aromatic heterocycles. The third-order valence-electron chi connectivity index (χ3n) is 4.53. The number of fused-ring (bicyclic) bond motifs is 1. The molecular formula is C22H13ClN4O2S. The Kier molecular flexibility index (Phi) is 4.61. The van der Waals surface area contributed by atoms with Crippen molar-refractivity contribution in [1.82, 2.24) is 5.01 Å². The van der Waals surface area contributed by atoms with Crippen LogP contribution in [0.1, 0.15) is 11.3 Å². The first-order chi connectivity index (χ1) is 14.6. The molecule has 3 aromatic rings. The Morgan fingerprint density at radius 1 is 1.03 bits per heavy atom. The Morgan fingerprint density at radius 2 is 1.80 bits per heavy atom. The van der Waals surface area contributed by atoms with Crippen LogP contribution in [0.4, 0.5) is 0 Å². The van der Waals surface area contributed by atoms with Crippen molar-refractivity contribution in [3.8, 4) is 11.3 Å². The number of carbonyl (C=O) groups is 1. The van der Waals surface area contributed by atoms with Gasteiger partial charge in [0.25, 0.3) is 5.91 Å². The molecule has 1 N–H and O–H groups in total. The zero-order chi connectivity index (χ0) is 20.7. The van der Waals surface area contributed by atoms with Crippen molar-refractivity contribution in [1.29, 1.82) is 5.41 Å². The molecule has 0 spiro atoms. The molecule has 0 aliphatic carbocycles. The minimum absolute atomic E-state index is 0.0425. The minimum atomic E-state index is -0.501. The Bertz CT molecular complexity index is 1280. The SMILES string of the molecule is N=C1/C(=C/c2ccc(-c3ccccc3Cl)o2)C(=O)N=C2SC(c3ccccc3)=NN12. The van der Waals surface area contributed by atoms with Gasteiger partial charge in [0.15, 0.2) is 5.84 Å². The maximum absolute atomic E-state index is 12.6. The lowest BCUT2D eigenvalue weighted by molar-refractivity contribution is -0.114. The molecule has 0 fully saturated rings. The van der Waals surface area contributed by atoms with Crippen molar-refractivity contribution >= 4 is 51.4 Å². The molecule has 0 radical (unpaired) electrons. The predicted molar refractivity (Wildman–Crippen MR) is 120 cm³/mol. The first kappa shape index (κ1) is 18.6. The Morgan fingerprint density at radius 3 is 2.60 bits per heavy atom. The smallest absolute Gasteiger partial charge is 0.283 e. The Labute approximate surface area is 181 Å². The Balaban J connectivity index is 1.46. The average Bonchev–Trinajstić information content (AvgIpc) is 3.39. The second kappa shape index (κ2) is 7.44. The number of furan rings is 1. The van der Waals surface area contributed by atoms with E-state index < -0.39 is 5.91 Å². The zero-order valence-corrected chi connectivity index (χ0v) is 16.9. The second-order valence-corrected chi connectivity index (χ2v) is 7.84. The average molecular weight is 433 g/mol. The standard InChI is InChI=1S/C22H13ClN4O2S/c23-17-9-5-4-8-15(17)18-11-10-14(29-18)12-16-19(24)27-22(25-20(16)28)30-21(26-27)13-6-2-1-3-7-13/h1-12,24H/b16-12-,24-19?. The van der Waals surface area contributed by atoms with Crippen LogP contribution in [0, 0.1) is 5.41 Å². The normalized spacial score (nSPS) is 17.2. The van der Waals surface area contributed by atoms with E-state index in [4.69, 9.17) is 21.4 Å². The first-order valence-corrected chi connectivity index (χ1v) is 10.2. The van der Waals surface area contributed by atoms with Crippen LogP contribution in [0.5, 0.6) is 0 Å². The van der Waals surface area contributed by atoms with Crippen molar-refractivity contribution in [3.05, 3.63) is 88.6 Å². The van der Waals surface area contributed by atoms with E-state index >= 15 is 0 Å². The van der Waals surface area contributed by atoms with Gasteiger partial charge in [-0.3, -0.25) is 10.2 Å². The van der Waals surface area contributed by atoms with Crippen LogP contribution < -0.4 is 0 Å². The number of amides is 1. The van der Waals surface area contributed by atoms with E-state index in [2.05, 4.69) is 10.1 Å². The van der Waals surface area contributed by atoms with E-state index in [0.717, 1.165) is 11.1 Å². The number of halogens is 1. The van der Waals surface area contributed by atoms with Crippen molar-refractivity contribution in [2.45, 2.75) is 0 Å². The maximum Gasteiger partial charge on any atom is 0.283 e. The van der Waals surface area contributed by atoms with Gasteiger partial charge in [0.2, 0.25) is 5.17 Å². The van der Waals surface area contributed by atoms with Gasteiger partial charge in [-0.15, -0.1) is 0 Å². The molecule has 0 atom stereocenters. The summed E-state index contributed by atoms with van der Waals surface area (Å²) in [5.41, 5.74) is 1.76. The lowest BCUT2D eigenvalue weighted by Gasteiger charge is -2.19. The number of amidine groups is 2. The fourth-order valence-corrected chi connectivity index (χ4v) is 4.19. The molecule has 0 unspecified atom stereocenters. The van der Waals surface area contributed by atoms with E-state index in [-0.39, 0.29) is 11.4 Å². The van der Waals surface area contributed by atoms with Crippen LogP contribution in [0.25, 0.3) is 17.4 Å². The van der Waals surface area contributed by atoms with E-state index in [1.165, 1.54) is 22.8 Å². The Hall–Kier alpha value is -3.42. The van der Waals surface area contributed by atoms with E-state index in [9.17, 15) is 4.79 Å². The zero-order valence-electron chi connectivity index (χ0n) is 15.4. The van der Waals surface area contributed by atoms with Crippen molar-refractivity contribution in [2.75, 3.05) is 0 Å². The molecule has 30 heavy (non-hydrogen) atoms. The van der Waals surface area contributed by atoms with Crippen molar-refractivity contribution in [3.63, 3.8) is 0 Å². The summed E-state index contributed by atoms with van der Waals surface area (Å²) in [6.07, 6.45) is 1.51. The number of benzene rings is 2. The van der Waals surface area contributed by atoms with Crippen LogP contribution in [0.3, 0.4) is 0 Å². The summed E-state index contributed by atoms with van der Waals surface area (Å²) in [4.78, 5) is 16.7. The lowest BCUT2D eigenvalue weighted by atomic mass is 10.1. The van der Waals surface area contributed by atoms with E-state index in [0.29, 0.717) is 26.8 Å². The summed E-state index contributed by atoms with van der Waals surface area (Å²) in [6, 6.07) is 20.4. The number of nitrogens with one attached hydrogen (secondary N) is 1. The second-order valence-electron chi connectivity index (χ2n) is 6.47. The molecule has 2 aliphatic heterocycles. The van der Waals surface area contributed by atoms with Gasteiger partial charge >= 0.3 is 0 Å². The van der Waals surface area contributed by atoms with Gasteiger partial charge in [-0.05, 0) is 42.1 Å². The van der Waals surface area contributed by atoms with Gasteiger partial charge in [0.1, 0.15) is 16.6 Å². The number of aliphatic imine (C=N–C) groups is 1. The summed E-state index contributed by atoms with van der Waals surface area (Å²) < 4.78 is 5.83. The van der Waals surface area contributed by atoms with Crippen LogP contribution in [0.15, 0.2) is 86.8 Å². The quantitative estimate of drug-likeness (QED) is 0.572. The molecular weight excluding hydrogens is 420 g/mol. The van der Waals surface area contributed by atoms with Crippen LogP contribution >= 0.6 is 23.4 Å². The van der Waals surface area contributed by atoms with E-state index in [1.807, 2.05) is 48.5 Å². The molecule has 1 amide bonds. The topological polar surface area (TPSA) is 82.0 Å². The highest BCUT2D eigenvalue weighted by Crippen LogP contribution is 2.32. The minimum Gasteiger partial charge on any atom is -0.457 e. The summed E-state index contributed by atoms with van der Waals surface area (Å²) >= 11 is 7.49. The molecule has 8 heteroatoms. The summed E-state index contributed by atoms with van der Waals surface area (Å²) in [5.74, 6) is 0.460. The molecule has 2 aliphatic rings. The molecule has 0 bridgehead atoms. The van der Waals surface area contributed by atoms with E-state index in [1.54, 1.807) is 18.2 Å². The summed E-state index contributed by atoms with van der Waals surface area (Å²) in [7, 11) is 0.